The van der Waals surface area contributed by atoms with E-state index in [9.17, 15) is 13.2 Å². The summed E-state index contributed by atoms with van der Waals surface area (Å²) in [5, 5.41) is 10.6. The highest BCUT2D eigenvalue weighted by Gasteiger charge is 2.38. The molecule has 1 N–H and O–H groups in total. The fraction of sp³-hybridized carbons (Fsp3) is 0.222. The number of amides is 1. The molecule has 1 aliphatic heterocycles. The third-order valence-corrected chi connectivity index (χ3v) is 6.38. The van der Waals surface area contributed by atoms with E-state index in [4.69, 9.17) is 0 Å². The Hall–Kier alpha value is -3.11. The van der Waals surface area contributed by atoms with Gasteiger partial charge in [-0.05, 0) is 29.8 Å². The average molecular weight is 398 g/mol. The molecule has 1 saturated heterocycles. The van der Waals surface area contributed by atoms with E-state index in [2.05, 4.69) is 20.6 Å². The van der Waals surface area contributed by atoms with E-state index in [0.717, 1.165) is 5.56 Å². The molecule has 4 rings (SSSR count). The van der Waals surface area contributed by atoms with Crippen LogP contribution in [-0.2, 0) is 16.6 Å². The lowest BCUT2D eigenvalue weighted by Crippen LogP contribution is -2.50. The Kier molecular flexibility index (Phi) is 4.88. The van der Waals surface area contributed by atoms with Gasteiger partial charge in [-0.1, -0.05) is 23.4 Å². The molecule has 1 amide bonds. The average Bonchev–Trinajstić information content (AvgIpc) is 3.16. The lowest BCUT2D eigenvalue weighted by Gasteiger charge is -2.37. The summed E-state index contributed by atoms with van der Waals surface area (Å²) in [4.78, 5) is 16.4. The first kappa shape index (κ1) is 18.3. The summed E-state index contributed by atoms with van der Waals surface area (Å²) in [7, 11) is -3.50. The van der Waals surface area contributed by atoms with Crippen LogP contribution in [0.25, 0.3) is 0 Å². The van der Waals surface area contributed by atoms with Gasteiger partial charge in [0.25, 0.3) is 5.91 Å². The van der Waals surface area contributed by atoms with Crippen molar-refractivity contribution in [2.45, 2.75) is 17.5 Å². The number of carbonyl (C=O) groups excluding carboxylic acids is 1. The number of hydrogen-bond donors (Lipinski definition) is 1. The first-order chi connectivity index (χ1) is 13.5. The summed E-state index contributed by atoms with van der Waals surface area (Å²) >= 11 is 0. The number of nitrogens with one attached hydrogen (secondary N) is 1. The van der Waals surface area contributed by atoms with Gasteiger partial charge in [-0.3, -0.25) is 9.78 Å². The quantitative estimate of drug-likeness (QED) is 0.659. The van der Waals surface area contributed by atoms with Gasteiger partial charge in [0.15, 0.2) is 5.69 Å². The molecular weight excluding hydrogens is 380 g/mol. The van der Waals surface area contributed by atoms with Crippen molar-refractivity contribution in [1.82, 2.24) is 29.6 Å². The molecule has 28 heavy (non-hydrogen) atoms. The number of carbonyl (C=O) groups is 1. The van der Waals surface area contributed by atoms with Crippen LogP contribution in [0.4, 0.5) is 0 Å². The summed E-state index contributed by atoms with van der Waals surface area (Å²) in [5.41, 5.74) is 1.12. The second-order valence-corrected chi connectivity index (χ2v) is 8.35. The molecule has 10 heteroatoms. The molecule has 0 radical (unpaired) electrons. The van der Waals surface area contributed by atoms with Crippen LogP contribution in [0.1, 0.15) is 22.1 Å². The predicted molar refractivity (Wildman–Crippen MR) is 99.7 cm³/mol. The van der Waals surface area contributed by atoms with Gasteiger partial charge in [0.2, 0.25) is 10.0 Å². The van der Waals surface area contributed by atoms with Crippen LogP contribution in [0.5, 0.6) is 0 Å². The summed E-state index contributed by atoms with van der Waals surface area (Å²) in [6.45, 7) is 0.943. The van der Waals surface area contributed by atoms with Gasteiger partial charge in [-0.2, -0.15) is 4.31 Å². The van der Waals surface area contributed by atoms with Crippen molar-refractivity contribution >= 4 is 15.9 Å². The molecule has 3 aromatic rings. The molecule has 1 fully saturated rings. The maximum atomic E-state index is 12.5. The number of benzene rings is 1. The minimum atomic E-state index is -3.50. The van der Waals surface area contributed by atoms with Crippen LogP contribution in [-0.4, -0.2) is 51.7 Å². The molecule has 2 aromatic heterocycles. The maximum absolute atomic E-state index is 12.5. The fourth-order valence-electron chi connectivity index (χ4n) is 2.85. The van der Waals surface area contributed by atoms with Gasteiger partial charge in [0.05, 0.1) is 17.1 Å². The van der Waals surface area contributed by atoms with Gasteiger partial charge in [0.1, 0.15) is 0 Å². The molecule has 0 saturated carbocycles. The van der Waals surface area contributed by atoms with Gasteiger partial charge < -0.3 is 5.32 Å². The zero-order valence-electron chi connectivity index (χ0n) is 14.8. The van der Waals surface area contributed by atoms with E-state index in [0.29, 0.717) is 19.6 Å². The molecular formula is C18H18N6O3S. The summed E-state index contributed by atoms with van der Waals surface area (Å²) < 4.78 is 28.0. The molecule has 0 aliphatic carbocycles. The van der Waals surface area contributed by atoms with E-state index in [1.165, 1.54) is 4.31 Å². The van der Waals surface area contributed by atoms with Crippen molar-refractivity contribution in [1.29, 1.82) is 0 Å². The molecule has 144 valence electrons. The molecule has 9 nitrogen and oxygen atoms in total. The standard InChI is InChI=1S/C18H18N6O3S/c25-18(20-10-14-6-8-19-9-7-14)17-13-24(22-21-17)15-11-23(12-15)28(26,27)16-4-2-1-3-5-16/h1-9,13,15H,10-12H2,(H,20,25). The topological polar surface area (TPSA) is 110 Å². The van der Waals surface area contributed by atoms with Crippen LogP contribution in [0, 0.1) is 0 Å². The number of rotatable bonds is 6. The van der Waals surface area contributed by atoms with E-state index in [1.54, 1.807) is 53.6 Å². The normalized spacial score (nSPS) is 15.1. The van der Waals surface area contributed by atoms with E-state index < -0.39 is 10.0 Å². The third-order valence-electron chi connectivity index (χ3n) is 4.53. The lowest BCUT2D eigenvalue weighted by atomic mass is 10.2. The monoisotopic (exact) mass is 398 g/mol. The fourth-order valence-corrected chi connectivity index (χ4v) is 4.39. The van der Waals surface area contributed by atoms with Crippen LogP contribution >= 0.6 is 0 Å². The number of pyridine rings is 1. The number of hydrogen-bond acceptors (Lipinski definition) is 6. The van der Waals surface area contributed by atoms with Crippen molar-refractivity contribution in [3.8, 4) is 0 Å². The molecule has 0 bridgehead atoms. The highest BCUT2D eigenvalue weighted by atomic mass is 32.2. The molecule has 0 atom stereocenters. The Morgan fingerprint density at radius 1 is 1.11 bits per heavy atom. The molecule has 0 spiro atoms. The van der Waals surface area contributed by atoms with Gasteiger partial charge >= 0.3 is 0 Å². The van der Waals surface area contributed by atoms with Crippen molar-refractivity contribution in [3.05, 3.63) is 72.3 Å². The molecule has 0 unspecified atom stereocenters. The zero-order chi connectivity index (χ0) is 19.6. The lowest BCUT2D eigenvalue weighted by molar-refractivity contribution is 0.0945. The highest BCUT2D eigenvalue weighted by molar-refractivity contribution is 7.89. The minimum Gasteiger partial charge on any atom is -0.347 e. The Morgan fingerprint density at radius 3 is 2.54 bits per heavy atom. The van der Waals surface area contributed by atoms with Crippen LogP contribution in [0.3, 0.4) is 0 Å². The predicted octanol–water partition coefficient (Wildman–Crippen LogP) is 0.849. The van der Waals surface area contributed by atoms with E-state index in [-0.39, 0.29) is 22.5 Å². The first-order valence-electron chi connectivity index (χ1n) is 8.68. The van der Waals surface area contributed by atoms with Gasteiger partial charge in [0, 0.05) is 32.0 Å². The molecule has 1 aromatic carbocycles. The van der Waals surface area contributed by atoms with Crippen LogP contribution in [0.2, 0.25) is 0 Å². The summed E-state index contributed by atoms with van der Waals surface area (Å²) in [6.07, 6.45) is 4.85. The Labute approximate surface area is 162 Å². The second-order valence-electron chi connectivity index (χ2n) is 6.41. The minimum absolute atomic E-state index is 0.146. The van der Waals surface area contributed by atoms with E-state index >= 15 is 0 Å². The van der Waals surface area contributed by atoms with Crippen molar-refractivity contribution in [2.24, 2.45) is 0 Å². The van der Waals surface area contributed by atoms with E-state index in [1.807, 2.05) is 12.1 Å². The van der Waals surface area contributed by atoms with Gasteiger partial charge in [-0.25, -0.2) is 13.1 Å². The second kappa shape index (κ2) is 7.49. The number of nitrogens with zero attached hydrogens (tertiary/aromatic N) is 5. The highest BCUT2D eigenvalue weighted by Crippen LogP contribution is 2.27. The maximum Gasteiger partial charge on any atom is 0.273 e. The third kappa shape index (κ3) is 3.64. The Balaban J connectivity index is 1.35. The van der Waals surface area contributed by atoms with Crippen molar-refractivity contribution in [3.63, 3.8) is 0 Å². The molecule has 3 heterocycles. The SMILES string of the molecule is O=C(NCc1ccncc1)c1cn(C2CN(S(=O)(=O)c3ccccc3)C2)nn1. The first-order valence-corrected chi connectivity index (χ1v) is 10.1. The smallest absolute Gasteiger partial charge is 0.273 e. The Bertz CT molecular complexity index is 1060. The van der Waals surface area contributed by atoms with Crippen molar-refractivity contribution < 1.29 is 13.2 Å². The molecule has 1 aliphatic rings. The largest absolute Gasteiger partial charge is 0.347 e. The number of sulfonamides is 1. The van der Waals surface area contributed by atoms with Crippen LogP contribution < -0.4 is 5.32 Å². The Morgan fingerprint density at radius 2 is 1.82 bits per heavy atom. The number of aromatic nitrogens is 4. The van der Waals surface area contributed by atoms with Crippen LogP contribution in [0.15, 0.2) is 66.0 Å². The van der Waals surface area contributed by atoms with Gasteiger partial charge in [-0.15, -0.1) is 5.10 Å². The van der Waals surface area contributed by atoms with Crippen molar-refractivity contribution in [2.75, 3.05) is 13.1 Å². The summed E-state index contributed by atoms with van der Waals surface area (Å²) in [5.74, 6) is -0.337. The zero-order valence-corrected chi connectivity index (χ0v) is 15.7. The summed E-state index contributed by atoms with van der Waals surface area (Å²) in [6, 6.07) is 11.8.